The summed E-state index contributed by atoms with van der Waals surface area (Å²) in [6.07, 6.45) is 0. The van der Waals surface area contributed by atoms with Gasteiger partial charge in [-0.05, 0) is 0 Å². The summed E-state index contributed by atoms with van der Waals surface area (Å²) < 4.78 is 8.06. The van der Waals surface area contributed by atoms with Crippen LogP contribution >= 0.6 is 33.9 Å². The average Bonchev–Trinajstić information content (AvgIpc) is 1.00. The summed E-state index contributed by atoms with van der Waals surface area (Å²) in [7, 11) is 1.72. The van der Waals surface area contributed by atoms with E-state index < -0.39 is 0 Å². The SMILES string of the molecule is C.C.Cl.Cl.N.O=P. The molecule has 5 heteroatoms. The Morgan fingerprint density at radius 2 is 0.857 bits per heavy atom. The summed E-state index contributed by atoms with van der Waals surface area (Å²) in [5, 5.41) is 0. The maximum Gasteiger partial charge on any atom is 0.138 e. The smallest absolute Gasteiger partial charge is 0.138 e. The predicted molar refractivity (Wildman–Crippen MR) is 42.0 cm³/mol. The zero-order valence-corrected chi connectivity index (χ0v) is 5.06. The standard InChI is InChI=1S/2CH4.2ClH.H3N.HOP/c;;;;;1-2/h2*1H4;2*1H;1H3;2H. The summed E-state index contributed by atoms with van der Waals surface area (Å²) in [5.74, 6) is 0. The van der Waals surface area contributed by atoms with Gasteiger partial charge in [0.1, 0.15) is 9.12 Å². The third kappa shape index (κ3) is 349. The van der Waals surface area contributed by atoms with Crippen LogP contribution in [-0.2, 0) is 4.57 Å². The predicted octanol–water partition coefficient (Wildman–Crippen LogP) is 2.75. The molecule has 3 N–H and O–H groups in total. The van der Waals surface area contributed by atoms with E-state index >= 15 is 0 Å². The molecule has 0 unspecified atom stereocenters. The van der Waals surface area contributed by atoms with Crippen molar-refractivity contribution in [3.63, 3.8) is 0 Å². The Morgan fingerprint density at radius 1 is 0.857 bits per heavy atom. The second-order valence-corrected chi connectivity index (χ2v) is 0. The van der Waals surface area contributed by atoms with Gasteiger partial charge in [0.2, 0.25) is 0 Å². The first kappa shape index (κ1) is 125. The molecule has 0 fully saturated rings. The van der Waals surface area contributed by atoms with E-state index in [1.54, 1.807) is 9.12 Å². The molecule has 0 heterocycles. The normalized spacial score (nSPS) is 0.571. The number of rotatable bonds is 0. The van der Waals surface area contributed by atoms with Crippen LogP contribution in [0, 0.1) is 0 Å². The molecule has 0 aromatic rings. The fourth-order valence-electron chi connectivity index (χ4n) is 0. The van der Waals surface area contributed by atoms with Crippen molar-refractivity contribution in [2.24, 2.45) is 0 Å². The Morgan fingerprint density at radius 3 is 0.857 bits per heavy atom. The molecular formula is C2H14Cl2NOP. The molecule has 0 atom stereocenters. The van der Waals surface area contributed by atoms with Crippen molar-refractivity contribution in [2.75, 3.05) is 0 Å². The van der Waals surface area contributed by atoms with Crippen LogP contribution < -0.4 is 6.15 Å². The first-order chi connectivity index (χ1) is 1.00. The molecule has 0 saturated heterocycles. The van der Waals surface area contributed by atoms with Crippen LogP contribution in [0.1, 0.15) is 14.9 Å². The molecule has 0 spiro atoms. The second kappa shape index (κ2) is 516. The summed E-state index contributed by atoms with van der Waals surface area (Å²) in [6, 6.07) is 0. The van der Waals surface area contributed by atoms with Gasteiger partial charge in [-0.2, -0.15) is 0 Å². The lowest BCUT2D eigenvalue weighted by atomic mass is 12.0. The Hall–Kier alpha value is 0.640. The van der Waals surface area contributed by atoms with E-state index in [4.69, 9.17) is 4.57 Å². The van der Waals surface area contributed by atoms with Crippen molar-refractivity contribution in [1.29, 1.82) is 0 Å². The molecule has 0 aliphatic heterocycles. The van der Waals surface area contributed by atoms with Crippen LogP contribution in [0.15, 0.2) is 0 Å². The van der Waals surface area contributed by atoms with Gasteiger partial charge >= 0.3 is 0 Å². The molecule has 7 heavy (non-hydrogen) atoms. The molecule has 0 rings (SSSR count). The summed E-state index contributed by atoms with van der Waals surface area (Å²) >= 11 is 0. The second-order valence-electron chi connectivity index (χ2n) is 0. The van der Waals surface area contributed by atoms with Gasteiger partial charge in [0.15, 0.2) is 0 Å². The van der Waals surface area contributed by atoms with Crippen LogP contribution in [0.2, 0.25) is 0 Å². The van der Waals surface area contributed by atoms with E-state index in [1.807, 2.05) is 0 Å². The zero-order chi connectivity index (χ0) is 2.00. The number of halogens is 2. The minimum absolute atomic E-state index is 0. The molecule has 0 aliphatic rings. The van der Waals surface area contributed by atoms with Gasteiger partial charge in [-0.25, -0.2) is 0 Å². The summed E-state index contributed by atoms with van der Waals surface area (Å²) in [5.41, 5.74) is 0. The Kier molecular flexibility index (Phi) is 9230. The third-order valence-corrected chi connectivity index (χ3v) is 0. The lowest BCUT2D eigenvalue weighted by molar-refractivity contribution is 0.607. The lowest BCUT2D eigenvalue weighted by Crippen LogP contribution is -0.489. The van der Waals surface area contributed by atoms with Crippen molar-refractivity contribution in [2.45, 2.75) is 14.9 Å². The Labute approximate surface area is 60.1 Å². The molecule has 2 nitrogen and oxygen atoms in total. The summed E-state index contributed by atoms with van der Waals surface area (Å²) in [6.45, 7) is 0. The van der Waals surface area contributed by atoms with Gasteiger partial charge in [0, 0.05) is 0 Å². The molecule has 52 valence electrons. The lowest BCUT2D eigenvalue weighted by Gasteiger charge is -0.807. The third-order valence-electron chi connectivity index (χ3n) is 0. The van der Waals surface area contributed by atoms with Crippen molar-refractivity contribution in [3.05, 3.63) is 0 Å². The van der Waals surface area contributed by atoms with Crippen molar-refractivity contribution < 1.29 is 4.57 Å². The highest BCUT2D eigenvalue weighted by Crippen LogP contribution is 1.23. The molecule has 0 aromatic carbocycles. The molecule has 0 amide bonds. The summed E-state index contributed by atoms with van der Waals surface area (Å²) in [4.78, 5) is 0. The highest BCUT2D eigenvalue weighted by Gasteiger charge is 0.667. The molecular weight excluding hydrogens is 156 g/mol. The quantitative estimate of drug-likeness (QED) is 0.568. The van der Waals surface area contributed by atoms with Crippen LogP contribution in [0.5, 0.6) is 0 Å². The number of hydrogen-bond acceptors (Lipinski definition) is 2. The number of hydrogen-bond donors (Lipinski definition) is 1. The highest BCUT2D eigenvalue weighted by atomic mass is 35.5. The largest absolute Gasteiger partial charge is 0.344 e. The van der Waals surface area contributed by atoms with Gasteiger partial charge < -0.3 is 6.15 Å². The maximum absolute atomic E-state index is 8.06. The van der Waals surface area contributed by atoms with Crippen molar-refractivity contribution >= 4 is 33.9 Å². The van der Waals surface area contributed by atoms with E-state index in [-0.39, 0.29) is 45.8 Å². The fourth-order valence-corrected chi connectivity index (χ4v) is 0. The monoisotopic (exact) mass is 169 g/mol. The van der Waals surface area contributed by atoms with Gasteiger partial charge in [0.05, 0.1) is 0 Å². The van der Waals surface area contributed by atoms with Crippen LogP contribution in [0.4, 0.5) is 0 Å². The Bertz CT molecular complexity index is 15.7. The zero-order valence-electron chi connectivity index (χ0n) is 2.43. The van der Waals surface area contributed by atoms with Gasteiger partial charge in [0.25, 0.3) is 0 Å². The van der Waals surface area contributed by atoms with Gasteiger partial charge in [-0.3, -0.25) is 4.57 Å². The fraction of sp³-hybridized carbons (Fsp3) is 1.00. The van der Waals surface area contributed by atoms with E-state index in [0.29, 0.717) is 0 Å². The van der Waals surface area contributed by atoms with E-state index in [0.717, 1.165) is 0 Å². The molecule has 0 bridgehead atoms. The molecule has 0 radical (unpaired) electrons. The first-order valence-electron chi connectivity index (χ1n) is 0.204. The topological polar surface area (TPSA) is 52.1 Å². The molecule has 0 aliphatic carbocycles. The van der Waals surface area contributed by atoms with E-state index in [2.05, 4.69) is 0 Å². The van der Waals surface area contributed by atoms with Gasteiger partial charge in [-0.1, -0.05) is 14.9 Å². The molecule has 0 aromatic heterocycles. The van der Waals surface area contributed by atoms with E-state index in [9.17, 15) is 0 Å². The minimum Gasteiger partial charge on any atom is -0.344 e. The van der Waals surface area contributed by atoms with Crippen LogP contribution in [-0.4, -0.2) is 0 Å². The van der Waals surface area contributed by atoms with Crippen LogP contribution in [0.3, 0.4) is 0 Å². The Balaban J connectivity index is -0.000000000500. The molecule has 0 saturated carbocycles. The highest BCUT2D eigenvalue weighted by molar-refractivity contribution is 7.00. The van der Waals surface area contributed by atoms with Crippen molar-refractivity contribution in [1.82, 2.24) is 6.15 Å². The average molecular weight is 170 g/mol. The van der Waals surface area contributed by atoms with Crippen LogP contribution in [0.25, 0.3) is 0 Å². The van der Waals surface area contributed by atoms with E-state index in [1.165, 1.54) is 0 Å². The minimum atomic E-state index is 0. The maximum atomic E-state index is 8.06. The van der Waals surface area contributed by atoms with Gasteiger partial charge in [-0.15, -0.1) is 24.8 Å². The van der Waals surface area contributed by atoms with Crippen molar-refractivity contribution in [3.8, 4) is 0 Å². The first-order valence-corrected chi connectivity index (χ1v) is 0.612.